The third-order valence-electron chi connectivity index (χ3n) is 2.36. The Morgan fingerprint density at radius 3 is 2.72 bits per heavy atom. The highest BCUT2D eigenvalue weighted by atomic mass is 16.5. The van der Waals surface area contributed by atoms with Crippen LogP contribution >= 0.6 is 0 Å². The minimum atomic E-state index is -1.04. The van der Waals surface area contributed by atoms with Crippen molar-refractivity contribution in [2.75, 3.05) is 0 Å². The van der Waals surface area contributed by atoms with E-state index in [-0.39, 0.29) is 11.3 Å². The van der Waals surface area contributed by atoms with Gasteiger partial charge < -0.3 is 9.84 Å². The fourth-order valence-electron chi connectivity index (χ4n) is 1.45. The number of carbonyl (C=O) groups is 1. The third-order valence-corrected chi connectivity index (χ3v) is 2.36. The summed E-state index contributed by atoms with van der Waals surface area (Å²) in [6.07, 6.45) is 1.63. The van der Waals surface area contributed by atoms with Crippen molar-refractivity contribution in [3.63, 3.8) is 0 Å². The number of carboxylic acid groups (broad SMARTS) is 1. The summed E-state index contributed by atoms with van der Waals surface area (Å²) in [5.41, 5.74) is 1.42. The van der Waals surface area contributed by atoms with Gasteiger partial charge in [0.1, 0.15) is 11.3 Å². The largest absolute Gasteiger partial charge is 0.478 e. The van der Waals surface area contributed by atoms with E-state index in [2.05, 4.69) is 9.97 Å². The van der Waals surface area contributed by atoms with Gasteiger partial charge in [-0.1, -0.05) is 12.1 Å². The molecular formula is C13H12N2O3. The van der Waals surface area contributed by atoms with Crippen molar-refractivity contribution < 1.29 is 14.6 Å². The average Bonchev–Trinajstić information content (AvgIpc) is 2.34. The van der Waals surface area contributed by atoms with Crippen LogP contribution in [0.15, 0.2) is 30.5 Å². The van der Waals surface area contributed by atoms with Crippen LogP contribution in [-0.2, 0) is 0 Å². The number of carboxylic acids is 1. The number of aromatic nitrogens is 2. The van der Waals surface area contributed by atoms with E-state index < -0.39 is 5.97 Å². The maximum absolute atomic E-state index is 11.0. The van der Waals surface area contributed by atoms with E-state index >= 15 is 0 Å². The van der Waals surface area contributed by atoms with Gasteiger partial charge in [0.25, 0.3) is 0 Å². The standard InChI is InChI=1S/C13H12N2O3/c1-8-7-14-9(2)12(15-8)18-11-6-4-3-5-10(11)13(16)17/h3-7H,1-2H3,(H,16,17). The summed E-state index contributed by atoms with van der Waals surface area (Å²) in [5, 5.41) is 9.05. The molecule has 0 amide bonds. The second kappa shape index (κ2) is 4.83. The summed E-state index contributed by atoms with van der Waals surface area (Å²) < 4.78 is 5.53. The molecule has 2 aromatic rings. The summed E-state index contributed by atoms with van der Waals surface area (Å²) in [4.78, 5) is 19.4. The molecule has 0 atom stereocenters. The number of hydrogen-bond acceptors (Lipinski definition) is 4. The third kappa shape index (κ3) is 2.45. The second-order valence-electron chi connectivity index (χ2n) is 3.81. The van der Waals surface area contributed by atoms with E-state index in [0.29, 0.717) is 17.3 Å². The van der Waals surface area contributed by atoms with Gasteiger partial charge >= 0.3 is 5.97 Å². The average molecular weight is 244 g/mol. The van der Waals surface area contributed by atoms with E-state index in [1.54, 1.807) is 38.2 Å². The lowest BCUT2D eigenvalue weighted by molar-refractivity contribution is 0.0694. The highest BCUT2D eigenvalue weighted by Gasteiger charge is 2.13. The van der Waals surface area contributed by atoms with Gasteiger partial charge in [0, 0.05) is 6.20 Å². The van der Waals surface area contributed by atoms with Gasteiger partial charge in [-0.25, -0.2) is 9.78 Å². The first kappa shape index (κ1) is 12.0. The number of para-hydroxylation sites is 1. The first-order valence-corrected chi connectivity index (χ1v) is 5.38. The van der Waals surface area contributed by atoms with Crippen LogP contribution < -0.4 is 4.74 Å². The number of benzene rings is 1. The number of rotatable bonds is 3. The molecule has 0 fully saturated rings. The molecule has 0 aliphatic rings. The van der Waals surface area contributed by atoms with Crippen LogP contribution in [0.5, 0.6) is 11.6 Å². The molecule has 92 valence electrons. The van der Waals surface area contributed by atoms with Crippen molar-refractivity contribution in [1.82, 2.24) is 9.97 Å². The Morgan fingerprint density at radius 2 is 2.00 bits per heavy atom. The number of nitrogens with zero attached hydrogens (tertiary/aromatic N) is 2. The molecule has 1 N–H and O–H groups in total. The van der Waals surface area contributed by atoms with Gasteiger partial charge in [0.15, 0.2) is 0 Å². The van der Waals surface area contributed by atoms with E-state index in [1.807, 2.05) is 0 Å². The Labute approximate surface area is 104 Å². The molecule has 18 heavy (non-hydrogen) atoms. The molecular weight excluding hydrogens is 232 g/mol. The molecule has 0 saturated heterocycles. The summed E-state index contributed by atoms with van der Waals surface area (Å²) in [5.74, 6) is -0.458. The molecule has 5 heteroatoms. The summed E-state index contributed by atoms with van der Waals surface area (Å²) in [6, 6.07) is 6.43. The second-order valence-corrected chi connectivity index (χ2v) is 3.81. The molecule has 5 nitrogen and oxygen atoms in total. The van der Waals surface area contributed by atoms with Gasteiger partial charge in [-0.05, 0) is 26.0 Å². The number of ether oxygens (including phenoxy) is 1. The van der Waals surface area contributed by atoms with Crippen LogP contribution in [0.3, 0.4) is 0 Å². The Bertz CT molecular complexity index is 597. The topological polar surface area (TPSA) is 72.3 Å². The lowest BCUT2D eigenvalue weighted by Crippen LogP contribution is -2.02. The van der Waals surface area contributed by atoms with Gasteiger partial charge in [-0.2, -0.15) is 0 Å². The molecule has 0 aliphatic carbocycles. The van der Waals surface area contributed by atoms with Crippen molar-refractivity contribution in [3.05, 3.63) is 47.4 Å². The molecule has 1 heterocycles. The highest BCUT2D eigenvalue weighted by Crippen LogP contribution is 2.25. The predicted molar refractivity (Wildman–Crippen MR) is 65.0 cm³/mol. The number of hydrogen-bond donors (Lipinski definition) is 1. The SMILES string of the molecule is Cc1cnc(C)c(Oc2ccccc2C(=O)O)n1. The molecule has 0 saturated carbocycles. The maximum Gasteiger partial charge on any atom is 0.339 e. The van der Waals surface area contributed by atoms with Crippen LogP contribution in [0.4, 0.5) is 0 Å². The zero-order valence-electron chi connectivity index (χ0n) is 10.0. The fourth-order valence-corrected chi connectivity index (χ4v) is 1.45. The highest BCUT2D eigenvalue weighted by molar-refractivity contribution is 5.90. The number of aryl methyl sites for hydroxylation is 2. The van der Waals surface area contributed by atoms with E-state index in [4.69, 9.17) is 9.84 Å². The zero-order chi connectivity index (χ0) is 13.1. The van der Waals surface area contributed by atoms with Crippen LogP contribution in [0.25, 0.3) is 0 Å². The van der Waals surface area contributed by atoms with Crippen LogP contribution in [0.2, 0.25) is 0 Å². The quantitative estimate of drug-likeness (QED) is 0.898. The smallest absolute Gasteiger partial charge is 0.339 e. The summed E-state index contributed by atoms with van der Waals surface area (Å²) in [7, 11) is 0. The van der Waals surface area contributed by atoms with E-state index in [1.165, 1.54) is 6.07 Å². The van der Waals surface area contributed by atoms with Gasteiger partial charge in [0.05, 0.1) is 11.4 Å². The minimum absolute atomic E-state index is 0.0974. The normalized spacial score (nSPS) is 10.1. The van der Waals surface area contributed by atoms with Gasteiger partial charge in [-0.3, -0.25) is 4.98 Å². The van der Waals surface area contributed by atoms with Crippen LogP contribution in [0, 0.1) is 13.8 Å². The molecule has 0 bridgehead atoms. The van der Waals surface area contributed by atoms with Gasteiger partial charge in [-0.15, -0.1) is 0 Å². The van der Waals surface area contributed by atoms with Crippen LogP contribution in [-0.4, -0.2) is 21.0 Å². The molecule has 1 aromatic heterocycles. The fraction of sp³-hybridized carbons (Fsp3) is 0.154. The molecule has 0 aliphatic heterocycles. The molecule has 2 rings (SSSR count). The molecule has 1 aromatic carbocycles. The van der Waals surface area contributed by atoms with E-state index in [0.717, 1.165) is 0 Å². The van der Waals surface area contributed by atoms with Crippen molar-refractivity contribution >= 4 is 5.97 Å². The van der Waals surface area contributed by atoms with Crippen molar-refractivity contribution in [2.45, 2.75) is 13.8 Å². The van der Waals surface area contributed by atoms with Crippen molar-refractivity contribution in [2.24, 2.45) is 0 Å². The zero-order valence-corrected chi connectivity index (χ0v) is 10.0. The first-order chi connectivity index (χ1) is 8.58. The Morgan fingerprint density at radius 1 is 1.28 bits per heavy atom. The monoisotopic (exact) mass is 244 g/mol. The summed E-state index contributed by atoms with van der Waals surface area (Å²) in [6.45, 7) is 3.55. The molecule has 0 spiro atoms. The molecule has 0 radical (unpaired) electrons. The van der Waals surface area contributed by atoms with Crippen LogP contribution in [0.1, 0.15) is 21.7 Å². The minimum Gasteiger partial charge on any atom is -0.478 e. The van der Waals surface area contributed by atoms with E-state index in [9.17, 15) is 4.79 Å². The maximum atomic E-state index is 11.0. The Hall–Kier alpha value is -2.43. The molecule has 0 unspecified atom stereocenters. The Kier molecular flexibility index (Phi) is 3.23. The van der Waals surface area contributed by atoms with Gasteiger partial charge in [0.2, 0.25) is 5.88 Å². The van der Waals surface area contributed by atoms with Crippen molar-refractivity contribution in [1.29, 1.82) is 0 Å². The summed E-state index contributed by atoms with van der Waals surface area (Å²) >= 11 is 0. The van der Waals surface area contributed by atoms with Crippen molar-refractivity contribution in [3.8, 4) is 11.6 Å². The predicted octanol–water partition coefficient (Wildman–Crippen LogP) is 2.58. The lowest BCUT2D eigenvalue weighted by atomic mass is 10.2. The number of aromatic carboxylic acids is 1. The lowest BCUT2D eigenvalue weighted by Gasteiger charge is -2.09. The first-order valence-electron chi connectivity index (χ1n) is 5.38. The Balaban J connectivity index is 2.40.